The molecule has 0 fully saturated rings. The fourth-order valence-electron chi connectivity index (χ4n) is 3.13. The third-order valence-electron chi connectivity index (χ3n) is 4.19. The zero-order valence-corrected chi connectivity index (χ0v) is 15.7. The van der Waals surface area contributed by atoms with Crippen molar-refractivity contribution in [1.82, 2.24) is 9.61 Å². The lowest BCUT2D eigenvalue weighted by Gasteiger charge is -2.16. The molecule has 0 saturated carbocycles. The maximum atomic E-state index is 12.6. The summed E-state index contributed by atoms with van der Waals surface area (Å²) in [5, 5.41) is 13.8. The SMILES string of the molecule is CCc1ccc2c(-c3cccc(C#N)c3)c(S(C)(=O)=O)c(COC)nn12. The minimum Gasteiger partial charge on any atom is -0.378 e. The Bertz CT molecular complexity index is 1120. The second-order valence-corrected chi connectivity index (χ2v) is 7.98. The fraction of sp³-hybridized carbons (Fsp3) is 0.263. The zero-order chi connectivity index (χ0) is 18.9. The van der Waals surface area contributed by atoms with Crippen LogP contribution >= 0.6 is 0 Å². The Morgan fingerprint density at radius 2 is 2.04 bits per heavy atom. The van der Waals surface area contributed by atoms with Crippen molar-refractivity contribution in [1.29, 1.82) is 5.26 Å². The van der Waals surface area contributed by atoms with Crippen LogP contribution in [0.4, 0.5) is 0 Å². The van der Waals surface area contributed by atoms with Gasteiger partial charge in [0.05, 0.1) is 23.8 Å². The molecule has 0 N–H and O–H groups in total. The Balaban J connectivity index is 2.51. The van der Waals surface area contributed by atoms with Crippen molar-refractivity contribution < 1.29 is 13.2 Å². The number of nitrogens with zero attached hydrogens (tertiary/aromatic N) is 3. The monoisotopic (exact) mass is 369 g/mol. The van der Waals surface area contributed by atoms with Crippen LogP contribution in [0.15, 0.2) is 41.3 Å². The average Bonchev–Trinajstić information content (AvgIpc) is 3.02. The Labute approximate surface area is 152 Å². The van der Waals surface area contributed by atoms with Crippen LogP contribution in [0.25, 0.3) is 16.6 Å². The normalized spacial score (nSPS) is 11.6. The van der Waals surface area contributed by atoms with E-state index in [9.17, 15) is 13.7 Å². The number of rotatable bonds is 5. The third-order valence-corrected chi connectivity index (χ3v) is 5.38. The molecule has 26 heavy (non-hydrogen) atoms. The van der Waals surface area contributed by atoms with Gasteiger partial charge in [-0.3, -0.25) is 0 Å². The highest BCUT2D eigenvalue weighted by Gasteiger charge is 2.25. The summed E-state index contributed by atoms with van der Waals surface area (Å²) in [6, 6.07) is 12.8. The first kappa shape index (κ1) is 18.1. The molecule has 3 rings (SSSR count). The van der Waals surface area contributed by atoms with Gasteiger partial charge in [0.25, 0.3) is 0 Å². The molecular formula is C19H19N3O3S. The Hall–Kier alpha value is -2.69. The van der Waals surface area contributed by atoms with Crippen molar-refractivity contribution in [3.8, 4) is 17.2 Å². The van der Waals surface area contributed by atoms with Gasteiger partial charge >= 0.3 is 0 Å². The summed E-state index contributed by atoms with van der Waals surface area (Å²) in [5.74, 6) is 0. The Morgan fingerprint density at radius 3 is 2.65 bits per heavy atom. The summed E-state index contributed by atoms with van der Waals surface area (Å²) in [4.78, 5) is 0.141. The Kier molecular flexibility index (Phi) is 4.81. The molecule has 0 radical (unpaired) electrons. The molecule has 0 aliphatic rings. The zero-order valence-electron chi connectivity index (χ0n) is 14.9. The number of aryl methyl sites for hydroxylation is 1. The molecule has 134 valence electrons. The Morgan fingerprint density at radius 1 is 1.27 bits per heavy atom. The van der Waals surface area contributed by atoms with Gasteiger partial charge in [-0.25, -0.2) is 12.9 Å². The number of aromatic nitrogens is 2. The van der Waals surface area contributed by atoms with E-state index in [1.54, 1.807) is 28.8 Å². The number of benzene rings is 1. The van der Waals surface area contributed by atoms with Crippen LogP contribution in [0.1, 0.15) is 23.9 Å². The molecule has 7 heteroatoms. The van der Waals surface area contributed by atoms with Crippen molar-refractivity contribution >= 4 is 15.4 Å². The van der Waals surface area contributed by atoms with Gasteiger partial charge in [0.2, 0.25) is 0 Å². The summed E-state index contributed by atoms with van der Waals surface area (Å²) in [6.45, 7) is 2.09. The molecule has 0 atom stereocenters. The number of nitriles is 1. The first-order chi connectivity index (χ1) is 12.4. The first-order valence-electron chi connectivity index (χ1n) is 8.13. The van der Waals surface area contributed by atoms with E-state index < -0.39 is 9.84 Å². The summed E-state index contributed by atoms with van der Waals surface area (Å²) in [6.07, 6.45) is 1.92. The molecule has 0 unspecified atom stereocenters. The van der Waals surface area contributed by atoms with Crippen LogP contribution in [0.3, 0.4) is 0 Å². The maximum Gasteiger partial charge on any atom is 0.178 e. The first-order valence-corrected chi connectivity index (χ1v) is 10.0. The number of sulfone groups is 1. The molecule has 0 aliphatic carbocycles. The van der Waals surface area contributed by atoms with Gasteiger partial charge in [0.1, 0.15) is 10.6 Å². The average molecular weight is 369 g/mol. The molecule has 0 aliphatic heterocycles. The number of methoxy groups -OCH3 is 1. The smallest absolute Gasteiger partial charge is 0.178 e. The van der Waals surface area contributed by atoms with Gasteiger partial charge in [-0.2, -0.15) is 10.4 Å². The molecule has 3 aromatic rings. The largest absolute Gasteiger partial charge is 0.378 e. The van der Waals surface area contributed by atoms with Crippen LogP contribution in [0, 0.1) is 11.3 Å². The van der Waals surface area contributed by atoms with E-state index in [1.807, 2.05) is 19.1 Å². The van der Waals surface area contributed by atoms with Crippen LogP contribution in [0.2, 0.25) is 0 Å². The van der Waals surface area contributed by atoms with E-state index >= 15 is 0 Å². The lowest BCUT2D eigenvalue weighted by Crippen LogP contribution is -2.13. The molecule has 0 bridgehead atoms. The molecule has 1 aromatic carbocycles. The topological polar surface area (TPSA) is 84.5 Å². The second kappa shape index (κ2) is 6.90. The van der Waals surface area contributed by atoms with Crippen LogP contribution in [0.5, 0.6) is 0 Å². The molecule has 6 nitrogen and oxygen atoms in total. The maximum absolute atomic E-state index is 12.6. The summed E-state index contributed by atoms with van der Waals surface area (Å²) in [7, 11) is -2.08. The van der Waals surface area contributed by atoms with Gasteiger partial charge in [-0.15, -0.1) is 0 Å². The number of hydrogen-bond donors (Lipinski definition) is 0. The quantitative estimate of drug-likeness (QED) is 0.690. The van der Waals surface area contributed by atoms with E-state index in [-0.39, 0.29) is 11.5 Å². The minimum absolute atomic E-state index is 0.0740. The molecule has 0 amide bonds. The van der Waals surface area contributed by atoms with E-state index in [2.05, 4.69) is 11.2 Å². The third kappa shape index (κ3) is 3.09. The molecule has 2 heterocycles. The van der Waals surface area contributed by atoms with E-state index in [0.717, 1.165) is 12.1 Å². The van der Waals surface area contributed by atoms with Crippen LogP contribution < -0.4 is 0 Å². The van der Waals surface area contributed by atoms with Gasteiger partial charge in [-0.1, -0.05) is 19.1 Å². The molecular weight excluding hydrogens is 350 g/mol. The molecule has 2 aromatic heterocycles. The number of fused-ring (bicyclic) bond motifs is 1. The van der Waals surface area contributed by atoms with Crippen molar-refractivity contribution in [2.45, 2.75) is 24.8 Å². The summed E-state index contributed by atoms with van der Waals surface area (Å²) in [5.41, 5.74) is 3.69. The highest BCUT2D eigenvalue weighted by molar-refractivity contribution is 7.91. The van der Waals surface area contributed by atoms with E-state index in [0.29, 0.717) is 27.9 Å². The van der Waals surface area contributed by atoms with Crippen molar-refractivity contribution in [3.05, 3.63) is 53.3 Å². The predicted molar refractivity (Wildman–Crippen MR) is 98.5 cm³/mol. The van der Waals surface area contributed by atoms with Crippen molar-refractivity contribution in [2.24, 2.45) is 0 Å². The minimum atomic E-state index is -3.58. The van der Waals surface area contributed by atoms with E-state index in [4.69, 9.17) is 4.74 Å². The molecule has 0 saturated heterocycles. The van der Waals surface area contributed by atoms with Gasteiger partial charge < -0.3 is 4.74 Å². The standard InChI is InChI=1S/C19H19N3O3S/c1-4-15-8-9-17-18(14-7-5-6-13(10-14)11-20)19(26(3,23)24)16(12-25-2)21-22(15)17/h5-10H,4,12H2,1-3H3. The van der Waals surface area contributed by atoms with Crippen LogP contribution in [-0.4, -0.2) is 31.4 Å². The predicted octanol–water partition coefficient (Wildman–Crippen LogP) is 2.99. The van der Waals surface area contributed by atoms with Gasteiger partial charge in [0, 0.05) is 24.6 Å². The van der Waals surface area contributed by atoms with Crippen molar-refractivity contribution in [3.63, 3.8) is 0 Å². The highest BCUT2D eigenvalue weighted by Crippen LogP contribution is 2.35. The lowest BCUT2D eigenvalue weighted by atomic mass is 10.0. The van der Waals surface area contributed by atoms with Crippen LogP contribution in [-0.2, 0) is 27.6 Å². The van der Waals surface area contributed by atoms with E-state index in [1.165, 1.54) is 13.4 Å². The second-order valence-electron chi connectivity index (χ2n) is 6.02. The van der Waals surface area contributed by atoms with Gasteiger partial charge in [0.15, 0.2) is 9.84 Å². The lowest BCUT2D eigenvalue weighted by molar-refractivity contribution is 0.178. The summed E-state index contributed by atoms with van der Waals surface area (Å²) >= 11 is 0. The van der Waals surface area contributed by atoms with Crippen molar-refractivity contribution in [2.75, 3.05) is 13.4 Å². The number of hydrogen-bond acceptors (Lipinski definition) is 5. The fourth-order valence-corrected chi connectivity index (χ4v) is 4.25. The summed E-state index contributed by atoms with van der Waals surface area (Å²) < 4.78 is 32.2. The molecule has 0 spiro atoms. The highest BCUT2D eigenvalue weighted by atomic mass is 32.2. The number of ether oxygens (including phenoxy) is 1. The van der Waals surface area contributed by atoms with Gasteiger partial charge in [-0.05, 0) is 36.2 Å².